The molecular formula is C28H28N4O2. The molecule has 0 radical (unpaired) electrons. The van der Waals surface area contributed by atoms with Gasteiger partial charge in [0.2, 0.25) is 0 Å². The molecular weight excluding hydrogens is 424 g/mol. The van der Waals surface area contributed by atoms with Gasteiger partial charge in [-0.3, -0.25) is 9.69 Å². The second kappa shape index (κ2) is 8.29. The number of carbonyl (C=O) groups excluding carboxylic acids is 1. The van der Waals surface area contributed by atoms with Gasteiger partial charge in [0, 0.05) is 48.8 Å². The molecule has 0 aliphatic carbocycles. The number of aromatic hydroxyl groups is 1. The Balaban J connectivity index is 1.20. The Morgan fingerprint density at radius 3 is 2.59 bits per heavy atom. The fourth-order valence-corrected chi connectivity index (χ4v) is 5.91. The van der Waals surface area contributed by atoms with Gasteiger partial charge in [0.05, 0.1) is 17.4 Å². The summed E-state index contributed by atoms with van der Waals surface area (Å²) in [5.41, 5.74) is 4.90. The van der Waals surface area contributed by atoms with Crippen LogP contribution in [0.5, 0.6) is 5.75 Å². The molecule has 2 saturated heterocycles. The zero-order chi connectivity index (χ0) is 23.1. The molecule has 1 spiro atoms. The Bertz CT molecular complexity index is 1320. The van der Waals surface area contributed by atoms with E-state index in [9.17, 15) is 9.90 Å². The molecule has 6 rings (SSSR count). The fraction of sp³-hybridized carbons (Fsp3) is 0.286. The molecule has 4 aromatic rings. The van der Waals surface area contributed by atoms with Crippen LogP contribution in [0.25, 0.3) is 11.0 Å². The van der Waals surface area contributed by atoms with Crippen molar-refractivity contribution in [3.8, 4) is 5.75 Å². The van der Waals surface area contributed by atoms with Crippen molar-refractivity contribution < 1.29 is 9.90 Å². The van der Waals surface area contributed by atoms with E-state index in [2.05, 4.69) is 45.2 Å². The van der Waals surface area contributed by atoms with Gasteiger partial charge in [-0.2, -0.15) is 0 Å². The number of amides is 1. The van der Waals surface area contributed by atoms with E-state index >= 15 is 0 Å². The zero-order valence-corrected chi connectivity index (χ0v) is 19.0. The number of hydrogen-bond acceptors (Lipinski definition) is 4. The highest BCUT2D eigenvalue weighted by molar-refractivity contribution is 5.97. The van der Waals surface area contributed by atoms with Crippen molar-refractivity contribution in [2.75, 3.05) is 19.6 Å². The summed E-state index contributed by atoms with van der Waals surface area (Å²) < 4.78 is 0. The van der Waals surface area contributed by atoms with Crippen LogP contribution < -0.4 is 0 Å². The summed E-state index contributed by atoms with van der Waals surface area (Å²) >= 11 is 0. The van der Waals surface area contributed by atoms with E-state index in [1.54, 1.807) is 12.4 Å². The first-order chi connectivity index (χ1) is 16.6. The van der Waals surface area contributed by atoms with Gasteiger partial charge in [-0.1, -0.05) is 48.5 Å². The highest BCUT2D eigenvalue weighted by atomic mass is 16.3. The van der Waals surface area contributed by atoms with Crippen LogP contribution in [0.4, 0.5) is 0 Å². The minimum absolute atomic E-state index is 0.0907. The molecule has 0 bridgehead atoms. The van der Waals surface area contributed by atoms with Crippen LogP contribution in [-0.4, -0.2) is 50.4 Å². The SMILES string of the molecule is O=C(c1ccc2nc[nH]c2c1)N1CCC2(CC1)CN(Cc1ccccc1O)C2c1ccccc1. The molecule has 6 heteroatoms. The standard InChI is InChI=1S/C28H28N4O2/c33-25-9-5-4-8-22(25)17-32-18-28(26(32)20-6-2-1-3-7-20)12-14-31(15-13-28)27(34)21-10-11-23-24(16-21)30-19-29-23/h1-11,16,19,26,33H,12-15,17-18H2,(H,29,30). The van der Waals surface area contributed by atoms with Crippen molar-refractivity contribution in [2.24, 2.45) is 5.41 Å². The summed E-state index contributed by atoms with van der Waals surface area (Å²) in [4.78, 5) is 25.0. The molecule has 0 saturated carbocycles. The van der Waals surface area contributed by atoms with Crippen LogP contribution in [0.1, 0.15) is 40.4 Å². The molecule has 1 atom stereocenters. The zero-order valence-electron chi connectivity index (χ0n) is 19.0. The van der Waals surface area contributed by atoms with Crippen molar-refractivity contribution in [3.63, 3.8) is 0 Å². The number of phenols is 1. The fourth-order valence-electron chi connectivity index (χ4n) is 5.91. The average molecular weight is 453 g/mol. The monoisotopic (exact) mass is 452 g/mol. The number of imidazole rings is 1. The first-order valence-electron chi connectivity index (χ1n) is 11.9. The third-order valence-electron chi connectivity index (χ3n) is 7.66. The second-order valence-corrected chi connectivity index (χ2v) is 9.64. The van der Waals surface area contributed by atoms with E-state index in [0.29, 0.717) is 11.3 Å². The summed E-state index contributed by atoms with van der Waals surface area (Å²) in [6.45, 7) is 3.21. The van der Waals surface area contributed by atoms with Crippen molar-refractivity contribution in [2.45, 2.75) is 25.4 Å². The van der Waals surface area contributed by atoms with Gasteiger partial charge in [0.25, 0.3) is 5.91 Å². The van der Waals surface area contributed by atoms with Crippen molar-refractivity contribution >= 4 is 16.9 Å². The van der Waals surface area contributed by atoms with E-state index in [1.807, 2.05) is 41.3 Å². The maximum Gasteiger partial charge on any atom is 0.253 e. The minimum Gasteiger partial charge on any atom is -0.508 e. The first-order valence-corrected chi connectivity index (χ1v) is 11.9. The molecule has 3 heterocycles. The predicted octanol–water partition coefficient (Wildman–Crippen LogP) is 4.75. The average Bonchev–Trinajstić information content (AvgIpc) is 3.33. The number of aromatic amines is 1. The maximum atomic E-state index is 13.2. The molecule has 1 aromatic heterocycles. The summed E-state index contributed by atoms with van der Waals surface area (Å²) in [5, 5.41) is 10.3. The summed E-state index contributed by atoms with van der Waals surface area (Å²) in [7, 11) is 0. The number of H-pyrrole nitrogens is 1. The van der Waals surface area contributed by atoms with Crippen LogP contribution in [0, 0.1) is 5.41 Å². The lowest BCUT2D eigenvalue weighted by Gasteiger charge is -2.61. The summed E-state index contributed by atoms with van der Waals surface area (Å²) in [5.74, 6) is 0.443. The third kappa shape index (κ3) is 3.55. The number of para-hydroxylation sites is 1. The van der Waals surface area contributed by atoms with Gasteiger partial charge >= 0.3 is 0 Å². The van der Waals surface area contributed by atoms with Crippen LogP contribution in [0.2, 0.25) is 0 Å². The number of fused-ring (bicyclic) bond motifs is 1. The lowest BCUT2D eigenvalue weighted by Crippen LogP contribution is -2.62. The van der Waals surface area contributed by atoms with Crippen LogP contribution in [-0.2, 0) is 6.54 Å². The number of hydrogen-bond donors (Lipinski definition) is 2. The molecule has 2 fully saturated rings. The molecule has 2 aliphatic rings. The quantitative estimate of drug-likeness (QED) is 0.469. The van der Waals surface area contributed by atoms with Crippen LogP contribution in [0.3, 0.4) is 0 Å². The lowest BCUT2D eigenvalue weighted by atomic mass is 9.63. The normalized spacial score (nSPS) is 19.9. The van der Waals surface area contributed by atoms with Gasteiger partial charge < -0.3 is 15.0 Å². The Morgan fingerprint density at radius 1 is 1.03 bits per heavy atom. The lowest BCUT2D eigenvalue weighted by molar-refractivity contribution is -0.113. The predicted molar refractivity (Wildman–Crippen MR) is 131 cm³/mol. The van der Waals surface area contributed by atoms with Crippen molar-refractivity contribution in [1.29, 1.82) is 0 Å². The Hall–Kier alpha value is -3.64. The maximum absolute atomic E-state index is 13.2. The summed E-state index contributed by atoms with van der Waals surface area (Å²) in [6.07, 6.45) is 3.61. The van der Waals surface area contributed by atoms with E-state index in [1.165, 1.54) is 5.56 Å². The molecule has 2 aliphatic heterocycles. The molecule has 2 N–H and O–H groups in total. The number of likely N-dealkylation sites (tertiary alicyclic amines) is 2. The number of aromatic nitrogens is 2. The Morgan fingerprint density at radius 2 is 1.79 bits per heavy atom. The topological polar surface area (TPSA) is 72.5 Å². The molecule has 1 unspecified atom stereocenters. The van der Waals surface area contributed by atoms with Gasteiger partial charge in [-0.15, -0.1) is 0 Å². The highest BCUT2D eigenvalue weighted by Crippen LogP contribution is 2.55. The summed E-state index contributed by atoms with van der Waals surface area (Å²) in [6, 6.07) is 24.2. The van der Waals surface area contributed by atoms with Gasteiger partial charge in [-0.05, 0) is 42.7 Å². The number of benzene rings is 3. The number of nitrogens with one attached hydrogen (secondary N) is 1. The van der Waals surface area contributed by atoms with E-state index < -0.39 is 0 Å². The number of nitrogens with zero attached hydrogens (tertiary/aromatic N) is 3. The molecule has 172 valence electrons. The van der Waals surface area contributed by atoms with Crippen molar-refractivity contribution in [3.05, 3.63) is 95.8 Å². The molecule has 3 aromatic carbocycles. The van der Waals surface area contributed by atoms with Gasteiger partial charge in [0.15, 0.2) is 0 Å². The van der Waals surface area contributed by atoms with Gasteiger partial charge in [-0.25, -0.2) is 4.98 Å². The van der Waals surface area contributed by atoms with Crippen molar-refractivity contribution in [1.82, 2.24) is 19.8 Å². The van der Waals surface area contributed by atoms with E-state index in [0.717, 1.165) is 55.6 Å². The van der Waals surface area contributed by atoms with Crippen LogP contribution in [0.15, 0.2) is 79.1 Å². The number of phenolic OH excluding ortho intramolecular Hbond substituents is 1. The Kier molecular flexibility index (Phi) is 5.11. The van der Waals surface area contributed by atoms with E-state index in [-0.39, 0.29) is 17.4 Å². The minimum atomic E-state index is 0.0907. The first kappa shape index (κ1) is 20.9. The largest absolute Gasteiger partial charge is 0.508 e. The number of rotatable bonds is 4. The molecule has 34 heavy (non-hydrogen) atoms. The highest BCUT2D eigenvalue weighted by Gasteiger charge is 2.54. The second-order valence-electron chi connectivity index (χ2n) is 9.64. The molecule has 6 nitrogen and oxygen atoms in total. The van der Waals surface area contributed by atoms with Gasteiger partial charge in [0.1, 0.15) is 5.75 Å². The molecule has 1 amide bonds. The Labute approximate surface area is 198 Å². The van der Waals surface area contributed by atoms with Crippen LogP contribution >= 0.6 is 0 Å². The van der Waals surface area contributed by atoms with E-state index in [4.69, 9.17) is 0 Å². The smallest absolute Gasteiger partial charge is 0.253 e. The number of carbonyl (C=O) groups is 1. The third-order valence-corrected chi connectivity index (χ3v) is 7.66. The number of piperidine rings is 1.